The number of hydrogen-bond acceptors (Lipinski definition) is 4. The largest absolute Gasteiger partial charge is 0.493 e. The molecular formula is C13H17BrO4. The molecule has 2 rings (SSSR count). The van der Waals surface area contributed by atoms with Gasteiger partial charge in [0.15, 0.2) is 11.5 Å². The number of methoxy groups -OCH3 is 3. The number of alkyl halides is 1. The third kappa shape index (κ3) is 2.17. The Morgan fingerprint density at radius 3 is 2.50 bits per heavy atom. The molecule has 0 N–H and O–H groups in total. The van der Waals surface area contributed by atoms with Crippen molar-refractivity contribution in [3.8, 4) is 17.2 Å². The Morgan fingerprint density at radius 2 is 1.94 bits per heavy atom. The third-order valence-electron chi connectivity index (χ3n) is 3.11. The fourth-order valence-electron chi connectivity index (χ4n) is 2.31. The molecule has 4 nitrogen and oxygen atoms in total. The second kappa shape index (κ2) is 5.80. The van der Waals surface area contributed by atoms with E-state index in [1.807, 2.05) is 6.07 Å². The second-order valence-electron chi connectivity index (χ2n) is 3.98. The minimum Gasteiger partial charge on any atom is -0.493 e. The van der Waals surface area contributed by atoms with Crippen LogP contribution in [0.1, 0.15) is 17.2 Å². The van der Waals surface area contributed by atoms with Crippen molar-refractivity contribution in [1.29, 1.82) is 0 Å². The molecule has 0 aromatic heterocycles. The summed E-state index contributed by atoms with van der Waals surface area (Å²) in [6, 6.07) is 2.01. The molecule has 0 spiro atoms. The van der Waals surface area contributed by atoms with Gasteiger partial charge in [-0.25, -0.2) is 0 Å². The lowest BCUT2D eigenvalue weighted by atomic mass is 9.96. The maximum atomic E-state index is 5.75. The van der Waals surface area contributed by atoms with Gasteiger partial charge in [-0.1, -0.05) is 15.9 Å². The molecule has 1 unspecified atom stereocenters. The molecule has 18 heavy (non-hydrogen) atoms. The van der Waals surface area contributed by atoms with Gasteiger partial charge < -0.3 is 18.9 Å². The van der Waals surface area contributed by atoms with Gasteiger partial charge in [0.2, 0.25) is 5.75 Å². The van der Waals surface area contributed by atoms with Crippen molar-refractivity contribution in [1.82, 2.24) is 0 Å². The molecule has 100 valence electrons. The van der Waals surface area contributed by atoms with Gasteiger partial charge in [0.05, 0.1) is 34.0 Å². The molecule has 1 aromatic rings. The Balaban J connectivity index is 2.63. The van der Waals surface area contributed by atoms with Crippen LogP contribution >= 0.6 is 15.9 Å². The first-order chi connectivity index (χ1) is 8.76. The summed E-state index contributed by atoms with van der Waals surface area (Å²) in [5.41, 5.74) is 2.25. The fourth-order valence-corrected chi connectivity index (χ4v) is 2.82. The first-order valence-electron chi connectivity index (χ1n) is 5.76. The van der Waals surface area contributed by atoms with E-state index in [1.54, 1.807) is 21.3 Å². The predicted molar refractivity (Wildman–Crippen MR) is 72.3 cm³/mol. The summed E-state index contributed by atoms with van der Waals surface area (Å²) < 4.78 is 22.0. The van der Waals surface area contributed by atoms with Crippen molar-refractivity contribution < 1.29 is 18.9 Å². The Kier molecular flexibility index (Phi) is 4.35. The summed E-state index contributed by atoms with van der Waals surface area (Å²) in [6.45, 7) is 0.710. The Labute approximate surface area is 115 Å². The average Bonchev–Trinajstić information content (AvgIpc) is 2.43. The highest BCUT2D eigenvalue weighted by Gasteiger charge is 2.29. The van der Waals surface area contributed by atoms with Gasteiger partial charge in [-0.05, 0) is 18.1 Å². The van der Waals surface area contributed by atoms with Crippen LogP contribution in [0.5, 0.6) is 17.2 Å². The summed E-state index contributed by atoms with van der Waals surface area (Å²) in [6.07, 6.45) is 0.846. The molecule has 0 saturated carbocycles. The zero-order valence-electron chi connectivity index (χ0n) is 10.8. The van der Waals surface area contributed by atoms with Crippen LogP contribution in [0.25, 0.3) is 0 Å². The number of fused-ring (bicyclic) bond motifs is 1. The molecule has 0 bridgehead atoms. The number of halogens is 1. The van der Waals surface area contributed by atoms with E-state index >= 15 is 0 Å². The average molecular weight is 317 g/mol. The summed E-state index contributed by atoms with van der Waals surface area (Å²) in [5, 5.41) is 0.728. The molecule has 1 aliphatic rings. The van der Waals surface area contributed by atoms with Crippen LogP contribution in [-0.2, 0) is 11.2 Å². The molecular weight excluding hydrogens is 300 g/mol. The maximum Gasteiger partial charge on any atom is 0.203 e. The van der Waals surface area contributed by atoms with E-state index in [0.717, 1.165) is 17.3 Å². The highest BCUT2D eigenvalue weighted by Crippen LogP contribution is 2.47. The van der Waals surface area contributed by atoms with Crippen molar-refractivity contribution in [2.75, 3.05) is 33.3 Å². The lowest BCUT2D eigenvalue weighted by Crippen LogP contribution is -2.19. The summed E-state index contributed by atoms with van der Waals surface area (Å²) in [4.78, 5) is 0. The lowest BCUT2D eigenvalue weighted by Gasteiger charge is -2.28. The number of hydrogen-bond donors (Lipinski definition) is 0. The van der Waals surface area contributed by atoms with Crippen LogP contribution < -0.4 is 14.2 Å². The van der Waals surface area contributed by atoms with Crippen molar-refractivity contribution >= 4 is 15.9 Å². The van der Waals surface area contributed by atoms with Crippen LogP contribution in [0.4, 0.5) is 0 Å². The van der Waals surface area contributed by atoms with E-state index in [9.17, 15) is 0 Å². The normalized spacial score (nSPS) is 18.1. The van der Waals surface area contributed by atoms with Gasteiger partial charge in [-0.15, -0.1) is 0 Å². The van der Waals surface area contributed by atoms with Gasteiger partial charge in [-0.3, -0.25) is 0 Å². The number of rotatable bonds is 4. The number of benzene rings is 1. The minimum atomic E-state index is -0.0106. The van der Waals surface area contributed by atoms with Crippen LogP contribution in [0.3, 0.4) is 0 Å². The summed E-state index contributed by atoms with van der Waals surface area (Å²) in [7, 11) is 4.88. The molecule has 0 aliphatic carbocycles. The lowest BCUT2D eigenvalue weighted by molar-refractivity contribution is 0.0570. The van der Waals surface area contributed by atoms with Gasteiger partial charge in [0.1, 0.15) is 0 Å². The second-order valence-corrected chi connectivity index (χ2v) is 4.63. The SMILES string of the molecule is COc1cc2c(c(OC)c1OC)C(CBr)OCC2. The summed E-state index contributed by atoms with van der Waals surface area (Å²) >= 11 is 3.47. The molecule has 5 heteroatoms. The molecule has 0 fully saturated rings. The molecule has 1 aromatic carbocycles. The number of ether oxygens (including phenoxy) is 4. The third-order valence-corrected chi connectivity index (χ3v) is 3.69. The fraction of sp³-hybridized carbons (Fsp3) is 0.538. The highest BCUT2D eigenvalue weighted by molar-refractivity contribution is 9.09. The quantitative estimate of drug-likeness (QED) is 0.800. The monoisotopic (exact) mass is 316 g/mol. The zero-order valence-corrected chi connectivity index (χ0v) is 12.4. The van der Waals surface area contributed by atoms with Crippen LogP contribution in [0.2, 0.25) is 0 Å². The van der Waals surface area contributed by atoms with Crippen LogP contribution in [0, 0.1) is 0 Å². The smallest absolute Gasteiger partial charge is 0.203 e. The molecule has 0 radical (unpaired) electrons. The van der Waals surface area contributed by atoms with Crippen LogP contribution in [0.15, 0.2) is 6.07 Å². The van der Waals surface area contributed by atoms with E-state index in [0.29, 0.717) is 23.9 Å². The van der Waals surface area contributed by atoms with Crippen LogP contribution in [-0.4, -0.2) is 33.3 Å². The summed E-state index contributed by atoms with van der Waals surface area (Å²) in [5.74, 6) is 2.02. The molecule has 1 aliphatic heterocycles. The predicted octanol–water partition coefficient (Wildman–Crippen LogP) is 2.72. The van der Waals surface area contributed by atoms with Crippen molar-refractivity contribution in [2.24, 2.45) is 0 Å². The van der Waals surface area contributed by atoms with E-state index in [4.69, 9.17) is 18.9 Å². The molecule has 0 saturated heterocycles. The highest BCUT2D eigenvalue weighted by atomic mass is 79.9. The van der Waals surface area contributed by atoms with Crippen molar-refractivity contribution in [2.45, 2.75) is 12.5 Å². The van der Waals surface area contributed by atoms with E-state index in [-0.39, 0.29) is 6.10 Å². The van der Waals surface area contributed by atoms with Crippen molar-refractivity contribution in [3.63, 3.8) is 0 Å². The topological polar surface area (TPSA) is 36.9 Å². The van der Waals surface area contributed by atoms with E-state index < -0.39 is 0 Å². The Hall–Kier alpha value is -0.940. The minimum absolute atomic E-state index is 0.0106. The van der Waals surface area contributed by atoms with Gasteiger partial charge in [0, 0.05) is 10.9 Å². The standard InChI is InChI=1S/C13H17BrO4/c1-15-9-6-8-4-5-18-10(7-14)11(8)13(17-3)12(9)16-2/h6,10H,4-5,7H2,1-3H3. The van der Waals surface area contributed by atoms with E-state index in [2.05, 4.69) is 15.9 Å². The maximum absolute atomic E-state index is 5.75. The Bertz CT molecular complexity index is 433. The van der Waals surface area contributed by atoms with Gasteiger partial charge in [0.25, 0.3) is 0 Å². The molecule has 0 amide bonds. The van der Waals surface area contributed by atoms with Crippen molar-refractivity contribution in [3.05, 3.63) is 17.2 Å². The van der Waals surface area contributed by atoms with Gasteiger partial charge >= 0.3 is 0 Å². The molecule has 1 atom stereocenters. The first-order valence-corrected chi connectivity index (χ1v) is 6.88. The first kappa shape index (κ1) is 13.5. The van der Waals surface area contributed by atoms with Gasteiger partial charge in [-0.2, -0.15) is 0 Å². The zero-order chi connectivity index (χ0) is 13.1. The Morgan fingerprint density at radius 1 is 1.22 bits per heavy atom. The van der Waals surface area contributed by atoms with E-state index in [1.165, 1.54) is 5.56 Å². The molecule has 1 heterocycles.